The Morgan fingerprint density at radius 1 is 0.531 bits per heavy atom. The normalized spacial score (nSPS) is 11.7. The monoisotopic (exact) mass is 452 g/mol. The van der Waals surface area contributed by atoms with Crippen molar-refractivity contribution in [2.45, 2.75) is 61.4 Å². The van der Waals surface area contributed by atoms with E-state index in [-0.39, 0.29) is 19.8 Å². The average molecular weight is 453 g/mol. The van der Waals surface area contributed by atoms with Crippen LogP contribution in [0.25, 0.3) is 0 Å². The molecule has 3 aromatic carbocycles. The largest absolute Gasteiger partial charge is 0.475 e. The van der Waals surface area contributed by atoms with E-state index in [1.807, 2.05) is 96.1 Å². The SMILES string of the molecule is Cc1cccc(COP(=O)(OCc2cccc(C)c2C)OCc2cccc(C)c2C)c1C. The van der Waals surface area contributed by atoms with Gasteiger partial charge in [0.15, 0.2) is 0 Å². The van der Waals surface area contributed by atoms with E-state index in [2.05, 4.69) is 0 Å². The molecular formula is C27H33O4P. The maximum atomic E-state index is 13.7. The lowest BCUT2D eigenvalue weighted by atomic mass is 10.0. The van der Waals surface area contributed by atoms with Crippen LogP contribution >= 0.6 is 7.82 Å². The Balaban J connectivity index is 1.80. The Kier molecular flexibility index (Phi) is 8.08. The zero-order valence-electron chi connectivity index (χ0n) is 19.9. The molecule has 0 atom stereocenters. The van der Waals surface area contributed by atoms with Crippen molar-refractivity contribution in [1.29, 1.82) is 0 Å². The molecule has 3 rings (SSSR count). The molecule has 0 spiro atoms. The van der Waals surface area contributed by atoms with Crippen LogP contribution in [-0.4, -0.2) is 0 Å². The molecule has 32 heavy (non-hydrogen) atoms. The highest BCUT2D eigenvalue weighted by Gasteiger charge is 2.28. The van der Waals surface area contributed by atoms with Gasteiger partial charge in [-0.15, -0.1) is 0 Å². The van der Waals surface area contributed by atoms with Crippen LogP contribution in [-0.2, 0) is 38.0 Å². The summed E-state index contributed by atoms with van der Waals surface area (Å²) in [4.78, 5) is 0. The molecule has 0 aliphatic rings. The molecule has 0 saturated carbocycles. The molecule has 0 N–H and O–H groups in total. The molecule has 3 aromatic rings. The smallest absolute Gasteiger partial charge is 0.282 e. The lowest BCUT2D eigenvalue weighted by Gasteiger charge is -2.20. The van der Waals surface area contributed by atoms with Crippen molar-refractivity contribution in [3.63, 3.8) is 0 Å². The summed E-state index contributed by atoms with van der Waals surface area (Å²) in [5.74, 6) is 0. The molecular weight excluding hydrogens is 419 g/mol. The second-order valence-electron chi connectivity index (χ2n) is 8.34. The first-order chi connectivity index (χ1) is 15.2. The zero-order valence-corrected chi connectivity index (χ0v) is 20.8. The van der Waals surface area contributed by atoms with Crippen molar-refractivity contribution < 1.29 is 18.1 Å². The highest BCUT2D eigenvalue weighted by atomic mass is 31.2. The summed E-state index contributed by atoms with van der Waals surface area (Å²) in [5.41, 5.74) is 9.73. The summed E-state index contributed by atoms with van der Waals surface area (Å²) < 4.78 is 31.2. The first kappa shape index (κ1) is 24.4. The van der Waals surface area contributed by atoms with Crippen LogP contribution < -0.4 is 0 Å². The molecule has 0 heterocycles. The Morgan fingerprint density at radius 3 is 1.09 bits per heavy atom. The van der Waals surface area contributed by atoms with Gasteiger partial charge in [-0.1, -0.05) is 54.6 Å². The van der Waals surface area contributed by atoms with Gasteiger partial charge in [0.2, 0.25) is 0 Å². The van der Waals surface area contributed by atoms with Gasteiger partial charge in [-0.25, -0.2) is 4.57 Å². The number of benzene rings is 3. The Bertz CT molecular complexity index is 995. The molecule has 0 aliphatic heterocycles. The van der Waals surface area contributed by atoms with Crippen molar-refractivity contribution in [1.82, 2.24) is 0 Å². The maximum Gasteiger partial charge on any atom is 0.475 e. The number of rotatable bonds is 9. The van der Waals surface area contributed by atoms with Crippen LogP contribution in [0.2, 0.25) is 0 Å². The predicted molar refractivity (Wildman–Crippen MR) is 130 cm³/mol. The molecule has 4 nitrogen and oxygen atoms in total. The van der Waals surface area contributed by atoms with Crippen molar-refractivity contribution in [3.8, 4) is 0 Å². The van der Waals surface area contributed by atoms with Crippen LogP contribution in [0.3, 0.4) is 0 Å². The van der Waals surface area contributed by atoms with Gasteiger partial charge in [-0.3, -0.25) is 13.6 Å². The molecule has 0 aliphatic carbocycles. The molecule has 0 bridgehead atoms. The van der Waals surface area contributed by atoms with Gasteiger partial charge in [-0.05, 0) is 91.6 Å². The Labute approximate surface area is 192 Å². The standard InChI is InChI=1S/C27H33O4P/c1-19-10-7-13-25(22(19)4)16-29-32(28,30-17-26-14-8-11-20(2)23(26)5)31-18-27-15-9-12-21(3)24(27)6/h7-15H,16-18H2,1-6H3. The second-order valence-corrected chi connectivity index (χ2v) is 10.0. The van der Waals surface area contributed by atoms with Gasteiger partial charge in [0.25, 0.3) is 0 Å². The second kappa shape index (κ2) is 10.6. The highest BCUT2D eigenvalue weighted by Crippen LogP contribution is 2.52. The van der Waals surface area contributed by atoms with Gasteiger partial charge in [0.1, 0.15) is 0 Å². The molecule has 0 fully saturated rings. The molecule has 0 radical (unpaired) electrons. The fraction of sp³-hybridized carbons (Fsp3) is 0.333. The first-order valence-electron chi connectivity index (χ1n) is 10.9. The third kappa shape index (κ3) is 5.96. The van der Waals surface area contributed by atoms with E-state index in [1.165, 1.54) is 0 Å². The maximum absolute atomic E-state index is 13.7. The molecule has 170 valence electrons. The predicted octanol–water partition coefficient (Wildman–Crippen LogP) is 7.60. The molecule has 0 saturated heterocycles. The summed E-state index contributed by atoms with van der Waals surface area (Å²) in [6, 6.07) is 18.0. The molecule has 0 unspecified atom stereocenters. The Morgan fingerprint density at radius 2 is 0.812 bits per heavy atom. The third-order valence-corrected chi connectivity index (χ3v) is 7.62. The highest BCUT2D eigenvalue weighted by molar-refractivity contribution is 7.48. The minimum absolute atomic E-state index is 0.157. The lowest BCUT2D eigenvalue weighted by molar-refractivity contribution is 0.0974. The minimum Gasteiger partial charge on any atom is -0.282 e. The number of aryl methyl sites for hydroxylation is 3. The molecule has 0 aromatic heterocycles. The summed E-state index contributed by atoms with van der Waals surface area (Å²) in [6.07, 6.45) is 0. The van der Waals surface area contributed by atoms with E-state index in [4.69, 9.17) is 13.6 Å². The quantitative estimate of drug-likeness (QED) is 0.314. The fourth-order valence-electron chi connectivity index (χ4n) is 3.46. The van der Waals surface area contributed by atoms with Crippen molar-refractivity contribution in [2.24, 2.45) is 0 Å². The zero-order chi connectivity index (χ0) is 23.3. The average Bonchev–Trinajstić information content (AvgIpc) is 2.77. The Hall–Kier alpha value is -2.23. The number of hydrogen-bond donors (Lipinski definition) is 0. The van der Waals surface area contributed by atoms with Crippen molar-refractivity contribution in [2.75, 3.05) is 0 Å². The first-order valence-corrected chi connectivity index (χ1v) is 12.3. The van der Waals surface area contributed by atoms with E-state index < -0.39 is 7.82 Å². The third-order valence-electron chi connectivity index (χ3n) is 6.28. The molecule has 5 heteroatoms. The van der Waals surface area contributed by atoms with Crippen LogP contribution in [0.4, 0.5) is 0 Å². The van der Waals surface area contributed by atoms with E-state index in [0.29, 0.717) is 0 Å². The van der Waals surface area contributed by atoms with Crippen molar-refractivity contribution in [3.05, 3.63) is 105 Å². The summed E-state index contributed by atoms with van der Waals surface area (Å²) >= 11 is 0. The van der Waals surface area contributed by atoms with E-state index >= 15 is 0 Å². The van der Waals surface area contributed by atoms with Crippen LogP contribution in [0.5, 0.6) is 0 Å². The lowest BCUT2D eigenvalue weighted by Crippen LogP contribution is -2.05. The van der Waals surface area contributed by atoms with Gasteiger partial charge in [0, 0.05) is 0 Å². The van der Waals surface area contributed by atoms with E-state index in [0.717, 1.165) is 50.1 Å². The van der Waals surface area contributed by atoms with Gasteiger partial charge in [0.05, 0.1) is 19.8 Å². The summed E-state index contributed by atoms with van der Waals surface area (Å²) in [7, 11) is -3.82. The van der Waals surface area contributed by atoms with Crippen molar-refractivity contribution >= 4 is 7.82 Å². The minimum atomic E-state index is -3.82. The van der Waals surface area contributed by atoms with Crippen LogP contribution in [0.15, 0.2) is 54.6 Å². The van der Waals surface area contributed by atoms with Crippen LogP contribution in [0, 0.1) is 41.5 Å². The van der Waals surface area contributed by atoms with Crippen LogP contribution in [0.1, 0.15) is 50.1 Å². The fourth-order valence-corrected chi connectivity index (χ4v) is 4.58. The molecule has 0 amide bonds. The van der Waals surface area contributed by atoms with Gasteiger partial charge >= 0.3 is 7.82 Å². The summed E-state index contributed by atoms with van der Waals surface area (Å²) in [5, 5.41) is 0. The van der Waals surface area contributed by atoms with E-state index in [9.17, 15) is 4.57 Å². The van der Waals surface area contributed by atoms with Gasteiger partial charge < -0.3 is 0 Å². The number of phosphoric acid groups is 1. The topological polar surface area (TPSA) is 44.8 Å². The van der Waals surface area contributed by atoms with Gasteiger partial charge in [-0.2, -0.15) is 0 Å². The number of hydrogen-bond acceptors (Lipinski definition) is 4. The summed E-state index contributed by atoms with van der Waals surface area (Å²) in [6.45, 7) is 12.7. The number of phosphoric ester groups is 1. The van der Waals surface area contributed by atoms with E-state index in [1.54, 1.807) is 0 Å².